The van der Waals surface area contributed by atoms with Gasteiger partial charge in [-0.3, -0.25) is 0 Å². The van der Waals surface area contributed by atoms with E-state index in [2.05, 4.69) is 5.32 Å². The maximum absolute atomic E-state index is 12.3. The van der Waals surface area contributed by atoms with Crippen LogP contribution in [0.4, 0.5) is 4.79 Å². The van der Waals surface area contributed by atoms with Crippen LogP contribution >= 0.6 is 11.6 Å². The fraction of sp³-hybridized carbons (Fsp3) is 0.611. The molecular formula is C18H25ClN2O2. The van der Waals surface area contributed by atoms with Gasteiger partial charge in [0.25, 0.3) is 0 Å². The number of ether oxygens (including phenoxy) is 1. The summed E-state index contributed by atoms with van der Waals surface area (Å²) in [6.07, 6.45) is 4.64. The Morgan fingerprint density at radius 3 is 2.74 bits per heavy atom. The lowest BCUT2D eigenvalue weighted by molar-refractivity contribution is -0.0938. The third kappa shape index (κ3) is 3.48. The minimum Gasteiger partial charge on any atom is -0.384 e. The van der Waals surface area contributed by atoms with E-state index in [-0.39, 0.29) is 11.4 Å². The summed E-state index contributed by atoms with van der Waals surface area (Å²) < 4.78 is 5.41. The van der Waals surface area contributed by atoms with Crippen molar-refractivity contribution in [1.29, 1.82) is 0 Å². The lowest BCUT2D eigenvalue weighted by Gasteiger charge is -2.56. The highest BCUT2D eigenvalue weighted by Gasteiger charge is 2.51. The maximum atomic E-state index is 12.3. The number of benzene rings is 1. The summed E-state index contributed by atoms with van der Waals surface area (Å²) in [5.41, 5.74) is 1.27. The smallest absolute Gasteiger partial charge is 0.317 e. The minimum absolute atomic E-state index is 0.0307. The average Bonchev–Trinajstić information content (AvgIpc) is 2.44. The molecule has 0 bridgehead atoms. The van der Waals surface area contributed by atoms with E-state index < -0.39 is 0 Å². The molecule has 5 heteroatoms. The molecule has 3 rings (SSSR count). The number of halogens is 1. The van der Waals surface area contributed by atoms with E-state index in [0.29, 0.717) is 6.54 Å². The zero-order valence-electron chi connectivity index (χ0n) is 13.7. The van der Waals surface area contributed by atoms with Crippen molar-refractivity contribution < 1.29 is 9.53 Å². The van der Waals surface area contributed by atoms with E-state index in [1.54, 1.807) is 7.11 Å². The van der Waals surface area contributed by atoms with Crippen molar-refractivity contribution in [3.8, 4) is 0 Å². The van der Waals surface area contributed by atoms with Gasteiger partial charge in [-0.25, -0.2) is 4.79 Å². The molecule has 1 heterocycles. The number of urea groups is 1. The first-order valence-electron chi connectivity index (χ1n) is 8.40. The zero-order valence-corrected chi connectivity index (χ0v) is 14.4. The van der Waals surface area contributed by atoms with Gasteiger partial charge < -0.3 is 15.0 Å². The van der Waals surface area contributed by atoms with Gasteiger partial charge in [-0.2, -0.15) is 0 Å². The van der Waals surface area contributed by atoms with Crippen molar-refractivity contribution in [2.45, 2.75) is 25.7 Å². The molecule has 1 saturated carbocycles. The number of carbonyl (C=O) groups excluding carboxylic acids is 1. The van der Waals surface area contributed by atoms with Crippen molar-refractivity contribution in [3.05, 3.63) is 34.9 Å². The van der Waals surface area contributed by atoms with Crippen molar-refractivity contribution in [3.63, 3.8) is 0 Å². The van der Waals surface area contributed by atoms with Gasteiger partial charge in [0.2, 0.25) is 0 Å². The van der Waals surface area contributed by atoms with Gasteiger partial charge in [0.05, 0.1) is 6.61 Å². The molecule has 2 fully saturated rings. The van der Waals surface area contributed by atoms with E-state index in [1.807, 2.05) is 29.2 Å². The van der Waals surface area contributed by atoms with Crippen LogP contribution in [0.3, 0.4) is 0 Å². The van der Waals surface area contributed by atoms with E-state index in [9.17, 15) is 4.79 Å². The molecule has 2 aliphatic rings. The molecular weight excluding hydrogens is 312 g/mol. The molecule has 4 nitrogen and oxygen atoms in total. The van der Waals surface area contributed by atoms with Gasteiger partial charge in [-0.1, -0.05) is 36.2 Å². The number of amides is 2. The third-order valence-corrected chi connectivity index (χ3v) is 5.70. The van der Waals surface area contributed by atoms with E-state index in [4.69, 9.17) is 16.3 Å². The fourth-order valence-electron chi connectivity index (χ4n) is 3.75. The third-order valence-electron chi connectivity index (χ3n) is 5.33. The quantitative estimate of drug-likeness (QED) is 0.865. The fourth-order valence-corrected chi connectivity index (χ4v) is 3.98. The van der Waals surface area contributed by atoms with Crippen molar-refractivity contribution in [1.82, 2.24) is 10.2 Å². The van der Waals surface area contributed by atoms with Crippen LogP contribution in [0.15, 0.2) is 24.3 Å². The average molecular weight is 337 g/mol. The Balaban J connectivity index is 1.44. The summed E-state index contributed by atoms with van der Waals surface area (Å²) in [4.78, 5) is 14.2. The van der Waals surface area contributed by atoms with E-state index in [0.717, 1.165) is 42.6 Å². The molecule has 126 valence electrons. The second-order valence-corrected chi connectivity index (χ2v) is 7.26. The molecule has 1 aromatic rings. The minimum atomic E-state index is 0.0307. The number of nitrogens with one attached hydrogen (secondary N) is 1. The van der Waals surface area contributed by atoms with Crippen LogP contribution in [0.2, 0.25) is 5.02 Å². The molecule has 1 aliphatic carbocycles. The van der Waals surface area contributed by atoms with E-state index in [1.165, 1.54) is 19.3 Å². The zero-order chi connectivity index (χ0) is 16.3. The van der Waals surface area contributed by atoms with Crippen molar-refractivity contribution in [2.24, 2.45) is 11.3 Å². The normalized spacial score (nSPS) is 19.8. The van der Waals surface area contributed by atoms with E-state index >= 15 is 0 Å². The molecule has 2 amide bonds. The van der Waals surface area contributed by atoms with Gasteiger partial charge in [-0.05, 0) is 36.8 Å². The van der Waals surface area contributed by atoms with Crippen LogP contribution in [0.25, 0.3) is 0 Å². The van der Waals surface area contributed by atoms with Crippen molar-refractivity contribution in [2.75, 3.05) is 33.4 Å². The SMILES string of the molecule is COCC1(C2CCC2)CN(C(=O)NCCc2ccccc2Cl)C1. The molecule has 0 aromatic heterocycles. The Hall–Kier alpha value is -1.26. The highest BCUT2D eigenvalue weighted by Crippen LogP contribution is 2.48. The van der Waals surface area contributed by atoms with Crippen LogP contribution in [0, 0.1) is 11.3 Å². The number of methoxy groups -OCH3 is 1. The first-order chi connectivity index (χ1) is 11.1. The Labute approximate surface area is 143 Å². The highest BCUT2D eigenvalue weighted by atomic mass is 35.5. The van der Waals surface area contributed by atoms with Crippen LogP contribution < -0.4 is 5.32 Å². The molecule has 0 unspecified atom stereocenters. The maximum Gasteiger partial charge on any atom is 0.317 e. The standard InChI is InChI=1S/C18H25ClN2O2/c1-23-13-18(15-6-4-7-15)11-21(12-18)17(22)20-10-9-14-5-2-3-8-16(14)19/h2-3,5,8,15H,4,6-7,9-13H2,1H3,(H,20,22). The first kappa shape index (κ1) is 16.6. The predicted molar refractivity (Wildman–Crippen MR) is 91.8 cm³/mol. The Kier molecular flexibility index (Phi) is 5.12. The van der Waals surface area contributed by atoms with Crippen LogP contribution in [0.5, 0.6) is 0 Å². The van der Waals surface area contributed by atoms with Crippen LogP contribution in [-0.2, 0) is 11.2 Å². The number of hydrogen-bond acceptors (Lipinski definition) is 2. The number of likely N-dealkylation sites (tertiary alicyclic amines) is 1. The molecule has 1 saturated heterocycles. The highest BCUT2D eigenvalue weighted by molar-refractivity contribution is 6.31. The number of nitrogens with zero attached hydrogens (tertiary/aromatic N) is 1. The second-order valence-electron chi connectivity index (χ2n) is 6.85. The largest absolute Gasteiger partial charge is 0.384 e. The number of carbonyl (C=O) groups is 1. The Morgan fingerprint density at radius 2 is 2.13 bits per heavy atom. The monoisotopic (exact) mass is 336 g/mol. The van der Waals surface area contributed by atoms with Gasteiger partial charge in [0.15, 0.2) is 0 Å². The van der Waals surface area contributed by atoms with Gasteiger partial charge in [0.1, 0.15) is 0 Å². The van der Waals surface area contributed by atoms with Gasteiger partial charge in [0, 0.05) is 37.2 Å². The Bertz CT molecular complexity index is 554. The van der Waals surface area contributed by atoms with Gasteiger partial charge >= 0.3 is 6.03 Å². The van der Waals surface area contributed by atoms with Crippen LogP contribution in [-0.4, -0.2) is 44.3 Å². The molecule has 0 radical (unpaired) electrons. The molecule has 23 heavy (non-hydrogen) atoms. The molecule has 1 aliphatic heterocycles. The van der Waals surface area contributed by atoms with Crippen molar-refractivity contribution >= 4 is 17.6 Å². The molecule has 0 atom stereocenters. The summed E-state index contributed by atoms with van der Waals surface area (Å²) in [5, 5.41) is 3.76. The number of hydrogen-bond donors (Lipinski definition) is 1. The first-order valence-corrected chi connectivity index (χ1v) is 8.77. The summed E-state index contributed by atoms with van der Waals surface area (Å²) in [6.45, 7) is 3.02. The molecule has 1 N–H and O–H groups in total. The number of rotatable bonds is 6. The lowest BCUT2D eigenvalue weighted by atomic mass is 9.61. The second kappa shape index (κ2) is 7.10. The van der Waals surface area contributed by atoms with Gasteiger partial charge in [-0.15, -0.1) is 0 Å². The molecule has 1 aromatic carbocycles. The summed E-state index contributed by atoms with van der Waals surface area (Å²) in [6, 6.07) is 7.80. The summed E-state index contributed by atoms with van der Waals surface area (Å²) >= 11 is 6.13. The van der Waals surface area contributed by atoms with Crippen LogP contribution in [0.1, 0.15) is 24.8 Å². The molecule has 0 spiro atoms. The summed E-state index contributed by atoms with van der Waals surface area (Å²) in [7, 11) is 1.76. The predicted octanol–water partition coefficient (Wildman–Crippen LogP) is 3.34. The summed E-state index contributed by atoms with van der Waals surface area (Å²) in [5.74, 6) is 0.731. The Morgan fingerprint density at radius 1 is 1.39 bits per heavy atom. The lowest BCUT2D eigenvalue weighted by Crippen LogP contribution is -2.66. The topological polar surface area (TPSA) is 41.6 Å².